The van der Waals surface area contributed by atoms with Gasteiger partial charge >= 0.3 is 0 Å². The van der Waals surface area contributed by atoms with E-state index in [9.17, 15) is 0 Å². The number of hydrogen-bond donors (Lipinski definition) is 0. The van der Waals surface area contributed by atoms with Gasteiger partial charge in [0.05, 0.1) is 0 Å². The fourth-order valence-corrected chi connectivity index (χ4v) is 2.26. The molecule has 1 aromatic carbocycles. The van der Waals surface area contributed by atoms with Crippen LogP contribution in [0.15, 0.2) is 48.1 Å². The maximum absolute atomic E-state index is 2.40. The molecular formula is C15H22Si. The SMILES string of the molecule is CC(C=Cc1ccccc1)=CC[Si](C)(C)C. The lowest BCUT2D eigenvalue weighted by molar-refractivity contribution is 1.42. The van der Waals surface area contributed by atoms with E-state index in [1.54, 1.807) is 0 Å². The molecule has 0 N–H and O–H groups in total. The monoisotopic (exact) mass is 230 g/mol. The van der Waals surface area contributed by atoms with E-state index < -0.39 is 8.07 Å². The van der Waals surface area contributed by atoms with E-state index in [1.807, 2.05) is 6.07 Å². The Morgan fingerprint density at radius 2 is 1.75 bits per heavy atom. The van der Waals surface area contributed by atoms with Gasteiger partial charge in [-0.1, -0.05) is 73.8 Å². The molecule has 1 heteroatoms. The quantitative estimate of drug-likeness (QED) is 0.505. The van der Waals surface area contributed by atoms with E-state index in [0.29, 0.717) is 0 Å². The Hall–Kier alpha value is -1.08. The van der Waals surface area contributed by atoms with Crippen molar-refractivity contribution < 1.29 is 0 Å². The first-order chi connectivity index (χ1) is 7.47. The van der Waals surface area contributed by atoms with Gasteiger partial charge in [0.25, 0.3) is 0 Å². The lowest BCUT2D eigenvalue weighted by atomic mass is 10.2. The second-order valence-electron chi connectivity index (χ2n) is 5.46. The summed E-state index contributed by atoms with van der Waals surface area (Å²) in [5.74, 6) is 0. The van der Waals surface area contributed by atoms with Gasteiger partial charge < -0.3 is 0 Å². The molecule has 0 saturated carbocycles. The second-order valence-corrected chi connectivity index (χ2v) is 11.0. The summed E-state index contributed by atoms with van der Waals surface area (Å²) in [6.45, 7) is 9.38. The summed E-state index contributed by atoms with van der Waals surface area (Å²) in [6.07, 6.45) is 6.75. The zero-order chi connectivity index (χ0) is 12.0. The third-order valence-electron chi connectivity index (χ3n) is 2.37. The Labute approximate surface area is 101 Å². The zero-order valence-electron chi connectivity index (χ0n) is 10.8. The smallest absolute Gasteiger partial charge is 0.0480 e. The molecule has 0 nitrogen and oxygen atoms in total. The number of hydrogen-bond acceptors (Lipinski definition) is 0. The van der Waals surface area contributed by atoms with Crippen molar-refractivity contribution in [2.75, 3.05) is 0 Å². The van der Waals surface area contributed by atoms with Gasteiger partial charge in [0.1, 0.15) is 0 Å². The van der Waals surface area contributed by atoms with Crippen LogP contribution in [-0.4, -0.2) is 8.07 Å². The first-order valence-corrected chi connectivity index (χ1v) is 9.58. The topological polar surface area (TPSA) is 0 Å². The maximum Gasteiger partial charge on any atom is 0.0480 e. The predicted octanol–water partition coefficient (Wildman–Crippen LogP) is 4.98. The van der Waals surface area contributed by atoms with Crippen molar-refractivity contribution in [2.24, 2.45) is 0 Å². The summed E-state index contributed by atoms with van der Waals surface area (Å²) in [5.41, 5.74) is 2.63. The normalized spacial score (nSPS) is 13.4. The molecule has 1 aromatic rings. The molecule has 16 heavy (non-hydrogen) atoms. The van der Waals surface area contributed by atoms with Crippen LogP contribution in [-0.2, 0) is 0 Å². The summed E-state index contributed by atoms with van der Waals surface area (Å²) in [5, 5.41) is 0. The minimum Gasteiger partial charge on any atom is -0.0843 e. The highest BCUT2D eigenvalue weighted by Crippen LogP contribution is 2.12. The average molecular weight is 230 g/mol. The van der Waals surface area contributed by atoms with Gasteiger partial charge in [0.2, 0.25) is 0 Å². The molecule has 0 fully saturated rings. The van der Waals surface area contributed by atoms with E-state index in [0.717, 1.165) is 0 Å². The van der Waals surface area contributed by atoms with Crippen LogP contribution in [0.2, 0.25) is 25.7 Å². The highest BCUT2D eigenvalue weighted by Gasteiger charge is 2.09. The summed E-state index contributed by atoms with van der Waals surface area (Å²) in [6, 6.07) is 11.7. The fraction of sp³-hybridized carbons (Fsp3) is 0.333. The summed E-state index contributed by atoms with van der Waals surface area (Å²) in [7, 11) is -0.939. The molecule has 0 radical (unpaired) electrons. The van der Waals surface area contributed by atoms with E-state index in [4.69, 9.17) is 0 Å². The first kappa shape index (κ1) is 13.0. The third-order valence-corrected chi connectivity index (χ3v) is 3.80. The van der Waals surface area contributed by atoms with Gasteiger partial charge in [-0.25, -0.2) is 0 Å². The molecule has 0 heterocycles. The number of benzene rings is 1. The van der Waals surface area contributed by atoms with Gasteiger partial charge in [-0.3, -0.25) is 0 Å². The lowest BCUT2D eigenvalue weighted by Crippen LogP contribution is -2.17. The van der Waals surface area contributed by atoms with Crippen LogP contribution in [0.3, 0.4) is 0 Å². The largest absolute Gasteiger partial charge is 0.0843 e. The van der Waals surface area contributed by atoms with Crippen LogP contribution in [0.25, 0.3) is 6.08 Å². The first-order valence-electron chi connectivity index (χ1n) is 5.87. The molecule has 0 amide bonds. The van der Waals surface area contributed by atoms with Crippen molar-refractivity contribution >= 4 is 14.1 Å². The molecule has 0 unspecified atom stereocenters. The van der Waals surface area contributed by atoms with E-state index in [2.05, 4.69) is 69.1 Å². The Balaban J connectivity index is 2.58. The van der Waals surface area contributed by atoms with Crippen LogP contribution in [0.1, 0.15) is 12.5 Å². The molecule has 0 atom stereocenters. The van der Waals surface area contributed by atoms with Crippen LogP contribution in [0.5, 0.6) is 0 Å². The second kappa shape index (κ2) is 5.85. The van der Waals surface area contributed by atoms with E-state index in [-0.39, 0.29) is 0 Å². The molecule has 0 aliphatic heterocycles. The van der Waals surface area contributed by atoms with Crippen LogP contribution in [0, 0.1) is 0 Å². The van der Waals surface area contributed by atoms with Crippen molar-refractivity contribution in [3.05, 3.63) is 53.6 Å². The predicted molar refractivity (Wildman–Crippen MR) is 77.4 cm³/mol. The minimum atomic E-state index is -0.939. The van der Waals surface area contributed by atoms with Crippen LogP contribution >= 0.6 is 0 Å². The van der Waals surface area contributed by atoms with Crippen molar-refractivity contribution in [1.82, 2.24) is 0 Å². The summed E-state index contributed by atoms with van der Waals surface area (Å²) >= 11 is 0. The van der Waals surface area contributed by atoms with Gasteiger partial charge in [-0.15, -0.1) is 0 Å². The third kappa shape index (κ3) is 5.71. The molecule has 0 aliphatic carbocycles. The summed E-state index contributed by atoms with van der Waals surface area (Å²) in [4.78, 5) is 0. The van der Waals surface area contributed by atoms with Crippen LogP contribution in [0.4, 0.5) is 0 Å². The number of allylic oxidation sites excluding steroid dienone is 3. The molecular weight excluding hydrogens is 208 g/mol. The molecule has 1 rings (SSSR count). The Bertz CT molecular complexity index is 366. The van der Waals surface area contributed by atoms with Crippen molar-refractivity contribution in [1.29, 1.82) is 0 Å². The Morgan fingerprint density at radius 1 is 1.12 bits per heavy atom. The van der Waals surface area contributed by atoms with Crippen molar-refractivity contribution in [3.63, 3.8) is 0 Å². The lowest BCUT2D eigenvalue weighted by Gasteiger charge is -2.12. The van der Waals surface area contributed by atoms with Crippen LogP contribution < -0.4 is 0 Å². The summed E-state index contributed by atoms with van der Waals surface area (Å²) < 4.78 is 0. The molecule has 86 valence electrons. The molecule has 0 bridgehead atoms. The Kier molecular flexibility index (Phi) is 4.75. The van der Waals surface area contributed by atoms with Gasteiger partial charge in [0.15, 0.2) is 0 Å². The molecule has 0 aromatic heterocycles. The van der Waals surface area contributed by atoms with E-state index >= 15 is 0 Å². The van der Waals surface area contributed by atoms with Gasteiger partial charge in [-0.05, 0) is 18.5 Å². The Morgan fingerprint density at radius 3 is 2.31 bits per heavy atom. The standard InChI is InChI=1S/C15H22Si/c1-14(12-13-16(2,3)4)10-11-15-8-6-5-7-9-15/h5-12H,13H2,1-4H3. The maximum atomic E-state index is 2.40. The molecule has 0 spiro atoms. The van der Waals surface area contributed by atoms with Gasteiger partial charge in [-0.2, -0.15) is 0 Å². The average Bonchev–Trinajstić information content (AvgIpc) is 2.24. The van der Waals surface area contributed by atoms with Gasteiger partial charge in [0, 0.05) is 8.07 Å². The molecule has 0 saturated heterocycles. The van der Waals surface area contributed by atoms with Crippen molar-refractivity contribution in [3.8, 4) is 0 Å². The van der Waals surface area contributed by atoms with E-state index in [1.165, 1.54) is 17.2 Å². The number of rotatable bonds is 4. The molecule has 0 aliphatic rings. The zero-order valence-corrected chi connectivity index (χ0v) is 11.8. The highest BCUT2D eigenvalue weighted by molar-refractivity contribution is 6.76. The fourth-order valence-electron chi connectivity index (χ4n) is 1.33. The minimum absolute atomic E-state index is 0.939. The van der Waals surface area contributed by atoms with Crippen molar-refractivity contribution in [2.45, 2.75) is 32.6 Å². The highest BCUT2D eigenvalue weighted by atomic mass is 28.3.